The van der Waals surface area contributed by atoms with Crippen molar-refractivity contribution < 1.29 is 32.6 Å². The van der Waals surface area contributed by atoms with Gasteiger partial charge in [0.15, 0.2) is 11.5 Å². The van der Waals surface area contributed by atoms with Crippen LogP contribution in [-0.2, 0) is 9.59 Å². The van der Waals surface area contributed by atoms with E-state index in [4.69, 9.17) is 21.1 Å². The Morgan fingerprint density at radius 1 is 1.17 bits per heavy atom. The molecule has 1 saturated heterocycles. The standard InChI is InChI=1S/C20H17ClF2N2O5/c21-14-8-12(1-3-15(14)30-20(22)23)24-19(27)11-7-18(26)25(10-11)13-2-4-16-17(9-13)29-6-5-28-16/h1-4,8-9,11,20H,5-7,10H2,(H,24,27). The Bertz CT molecular complexity index is 988. The lowest BCUT2D eigenvalue weighted by molar-refractivity contribution is -0.122. The van der Waals surface area contributed by atoms with Crippen LogP contribution >= 0.6 is 11.6 Å². The molecular formula is C20H17ClF2N2O5. The van der Waals surface area contributed by atoms with Crippen LogP contribution in [0.2, 0.25) is 5.02 Å². The van der Waals surface area contributed by atoms with Crippen LogP contribution < -0.4 is 24.4 Å². The zero-order valence-electron chi connectivity index (χ0n) is 15.6. The van der Waals surface area contributed by atoms with E-state index in [1.807, 2.05) is 0 Å². The number of fused-ring (bicyclic) bond motifs is 1. The number of carbonyl (C=O) groups is 2. The minimum Gasteiger partial charge on any atom is -0.486 e. The summed E-state index contributed by atoms with van der Waals surface area (Å²) in [5.74, 6) is -0.165. The van der Waals surface area contributed by atoms with Gasteiger partial charge in [-0.1, -0.05) is 11.6 Å². The molecule has 1 atom stereocenters. The average Bonchev–Trinajstić information content (AvgIpc) is 3.11. The van der Waals surface area contributed by atoms with Crippen LogP contribution in [-0.4, -0.2) is 38.2 Å². The predicted molar refractivity (Wildman–Crippen MR) is 105 cm³/mol. The lowest BCUT2D eigenvalue weighted by atomic mass is 10.1. The van der Waals surface area contributed by atoms with Gasteiger partial charge in [0.1, 0.15) is 19.0 Å². The quantitative estimate of drug-likeness (QED) is 0.770. The number of hydrogen-bond acceptors (Lipinski definition) is 5. The van der Waals surface area contributed by atoms with Crippen molar-refractivity contribution in [1.29, 1.82) is 0 Å². The van der Waals surface area contributed by atoms with Crippen LogP contribution in [0.5, 0.6) is 17.2 Å². The number of hydrogen-bond donors (Lipinski definition) is 1. The first-order valence-corrected chi connectivity index (χ1v) is 9.54. The second-order valence-electron chi connectivity index (χ2n) is 6.75. The van der Waals surface area contributed by atoms with Gasteiger partial charge < -0.3 is 24.4 Å². The average molecular weight is 439 g/mol. The molecule has 2 amide bonds. The third-order valence-corrected chi connectivity index (χ3v) is 5.04. The summed E-state index contributed by atoms with van der Waals surface area (Å²) < 4.78 is 39.9. The summed E-state index contributed by atoms with van der Waals surface area (Å²) in [6.45, 7) is -1.90. The zero-order valence-corrected chi connectivity index (χ0v) is 16.3. The molecule has 30 heavy (non-hydrogen) atoms. The summed E-state index contributed by atoms with van der Waals surface area (Å²) in [6.07, 6.45) is 0.0422. The van der Waals surface area contributed by atoms with Crippen molar-refractivity contribution in [3.05, 3.63) is 41.4 Å². The maximum atomic E-state index is 12.6. The van der Waals surface area contributed by atoms with Gasteiger partial charge in [-0.15, -0.1) is 0 Å². The van der Waals surface area contributed by atoms with Crippen molar-refractivity contribution in [3.8, 4) is 17.2 Å². The highest BCUT2D eigenvalue weighted by Gasteiger charge is 2.35. The lowest BCUT2D eigenvalue weighted by Gasteiger charge is -2.22. The van der Waals surface area contributed by atoms with E-state index >= 15 is 0 Å². The van der Waals surface area contributed by atoms with Crippen LogP contribution in [0.3, 0.4) is 0 Å². The van der Waals surface area contributed by atoms with Gasteiger partial charge in [0, 0.05) is 30.4 Å². The zero-order chi connectivity index (χ0) is 21.3. The highest BCUT2D eigenvalue weighted by Crippen LogP contribution is 2.36. The first kappa shape index (κ1) is 20.2. The Morgan fingerprint density at radius 2 is 1.93 bits per heavy atom. The number of alkyl halides is 2. The van der Waals surface area contributed by atoms with E-state index in [0.29, 0.717) is 36.1 Å². The molecule has 0 saturated carbocycles. The Kier molecular flexibility index (Phi) is 5.63. The molecule has 0 bridgehead atoms. The minimum absolute atomic E-state index is 0.0422. The molecule has 7 nitrogen and oxygen atoms in total. The van der Waals surface area contributed by atoms with Gasteiger partial charge in [-0.2, -0.15) is 8.78 Å². The molecular weight excluding hydrogens is 422 g/mol. The van der Waals surface area contributed by atoms with E-state index in [-0.39, 0.29) is 35.6 Å². The summed E-state index contributed by atoms with van der Waals surface area (Å²) in [6, 6.07) is 9.14. The van der Waals surface area contributed by atoms with Gasteiger partial charge in [0.25, 0.3) is 0 Å². The fraction of sp³-hybridized carbons (Fsp3) is 0.300. The van der Waals surface area contributed by atoms with E-state index in [9.17, 15) is 18.4 Å². The van der Waals surface area contributed by atoms with Gasteiger partial charge in [-0.05, 0) is 30.3 Å². The second-order valence-corrected chi connectivity index (χ2v) is 7.15. The van der Waals surface area contributed by atoms with Crippen molar-refractivity contribution in [3.63, 3.8) is 0 Å². The summed E-state index contributed by atoms with van der Waals surface area (Å²) >= 11 is 5.91. The molecule has 0 aliphatic carbocycles. The largest absolute Gasteiger partial charge is 0.486 e. The molecule has 2 aromatic rings. The van der Waals surface area contributed by atoms with Crippen molar-refractivity contribution in [2.75, 3.05) is 30.0 Å². The van der Waals surface area contributed by atoms with Crippen LogP contribution in [0.4, 0.5) is 20.2 Å². The number of nitrogens with zero attached hydrogens (tertiary/aromatic N) is 1. The lowest BCUT2D eigenvalue weighted by Crippen LogP contribution is -2.28. The van der Waals surface area contributed by atoms with Crippen LogP contribution in [0.15, 0.2) is 36.4 Å². The number of benzene rings is 2. The van der Waals surface area contributed by atoms with E-state index in [1.165, 1.54) is 23.1 Å². The summed E-state index contributed by atoms with van der Waals surface area (Å²) in [5, 5.41) is 2.60. The Labute approximate surface area is 175 Å². The van der Waals surface area contributed by atoms with E-state index in [2.05, 4.69) is 10.1 Å². The number of ether oxygens (including phenoxy) is 3. The minimum atomic E-state index is -3.00. The molecule has 2 aromatic carbocycles. The highest BCUT2D eigenvalue weighted by atomic mass is 35.5. The fourth-order valence-corrected chi connectivity index (χ4v) is 3.57. The number of halogens is 3. The van der Waals surface area contributed by atoms with Crippen LogP contribution in [0.25, 0.3) is 0 Å². The van der Waals surface area contributed by atoms with Gasteiger partial charge >= 0.3 is 6.61 Å². The number of amides is 2. The molecule has 1 fully saturated rings. The molecule has 0 aromatic heterocycles. The third-order valence-electron chi connectivity index (χ3n) is 4.75. The Balaban J connectivity index is 1.42. The van der Waals surface area contributed by atoms with E-state index < -0.39 is 12.5 Å². The Morgan fingerprint density at radius 3 is 2.67 bits per heavy atom. The number of rotatable bonds is 5. The second kappa shape index (κ2) is 8.35. The summed E-state index contributed by atoms with van der Waals surface area (Å²) in [7, 11) is 0. The molecule has 1 unspecified atom stereocenters. The highest BCUT2D eigenvalue weighted by molar-refractivity contribution is 6.32. The normalized spacial score (nSPS) is 17.9. The van der Waals surface area contributed by atoms with E-state index in [1.54, 1.807) is 18.2 Å². The van der Waals surface area contributed by atoms with Gasteiger partial charge in [0.05, 0.1) is 10.9 Å². The smallest absolute Gasteiger partial charge is 0.387 e. The van der Waals surface area contributed by atoms with Crippen molar-refractivity contribution in [1.82, 2.24) is 0 Å². The van der Waals surface area contributed by atoms with Crippen LogP contribution in [0, 0.1) is 5.92 Å². The summed E-state index contributed by atoms with van der Waals surface area (Å²) in [5.41, 5.74) is 0.938. The van der Waals surface area contributed by atoms with Crippen LogP contribution in [0.1, 0.15) is 6.42 Å². The number of anilines is 2. The molecule has 158 valence electrons. The molecule has 2 aliphatic rings. The molecule has 0 spiro atoms. The van der Waals surface area contributed by atoms with Gasteiger partial charge in [-0.25, -0.2) is 0 Å². The first-order chi connectivity index (χ1) is 14.4. The predicted octanol–water partition coefficient (Wildman–Crippen LogP) is 3.70. The monoisotopic (exact) mass is 438 g/mol. The van der Waals surface area contributed by atoms with Gasteiger partial charge in [-0.3, -0.25) is 9.59 Å². The number of carbonyl (C=O) groups excluding carboxylic acids is 2. The molecule has 4 rings (SSSR count). The van der Waals surface area contributed by atoms with Crippen molar-refractivity contribution in [2.24, 2.45) is 5.92 Å². The molecule has 0 radical (unpaired) electrons. The maximum absolute atomic E-state index is 12.6. The first-order valence-electron chi connectivity index (χ1n) is 9.16. The Hall–Kier alpha value is -3.07. The van der Waals surface area contributed by atoms with Crippen molar-refractivity contribution >= 4 is 34.8 Å². The maximum Gasteiger partial charge on any atom is 0.387 e. The molecule has 10 heteroatoms. The fourth-order valence-electron chi connectivity index (χ4n) is 3.35. The SMILES string of the molecule is O=C(Nc1ccc(OC(F)F)c(Cl)c1)C1CC(=O)N(c2ccc3c(c2)OCCO3)C1. The van der Waals surface area contributed by atoms with Crippen molar-refractivity contribution in [2.45, 2.75) is 13.0 Å². The van der Waals surface area contributed by atoms with Gasteiger partial charge in [0.2, 0.25) is 11.8 Å². The molecule has 2 aliphatic heterocycles. The third kappa shape index (κ3) is 4.25. The molecule has 2 heterocycles. The number of nitrogens with one attached hydrogen (secondary N) is 1. The summed E-state index contributed by atoms with van der Waals surface area (Å²) in [4.78, 5) is 26.6. The topological polar surface area (TPSA) is 77.1 Å². The van der Waals surface area contributed by atoms with E-state index in [0.717, 1.165) is 0 Å². The molecule has 1 N–H and O–H groups in total.